The van der Waals surface area contributed by atoms with E-state index in [1.165, 1.54) is 18.3 Å². The normalized spacial score (nSPS) is 28.1. The highest BCUT2D eigenvalue weighted by molar-refractivity contribution is 7.95. The predicted molar refractivity (Wildman–Crippen MR) is 123 cm³/mol. The molecule has 4 heterocycles. The van der Waals surface area contributed by atoms with Gasteiger partial charge < -0.3 is 11.1 Å². The lowest BCUT2D eigenvalue weighted by atomic mass is 9.95. The molecule has 1 amide bonds. The zero-order chi connectivity index (χ0) is 24.7. The van der Waals surface area contributed by atoms with Crippen LogP contribution in [0.5, 0.6) is 0 Å². The summed E-state index contributed by atoms with van der Waals surface area (Å²) in [5.41, 5.74) is 4.63. The van der Waals surface area contributed by atoms with Crippen molar-refractivity contribution < 1.29 is 17.8 Å². The Labute approximate surface area is 195 Å². The number of hydrogen-bond donors (Lipinski definition) is 2. The third-order valence-corrected chi connectivity index (χ3v) is 9.59. The summed E-state index contributed by atoms with van der Waals surface area (Å²) >= 11 is 0. The number of nitrogens with one attached hydrogen (secondary N) is 1. The topological polar surface area (TPSA) is 146 Å². The number of aryl methyl sites for hydroxylation is 1. The van der Waals surface area contributed by atoms with Gasteiger partial charge in [-0.05, 0) is 50.5 Å². The maximum atomic E-state index is 14.9. The first-order chi connectivity index (χ1) is 16.1. The molecule has 2 aromatic heterocycles. The molecule has 2 aliphatic heterocycles. The quantitative estimate of drug-likeness (QED) is 0.678. The smallest absolute Gasteiger partial charge is 0.275 e. The second-order valence-electron chi connectivity index (χ2n) is 8.62. The van der Waals surface area contributed by atoms with E-state index in [1.807, 2.05) is 6.07 Å². The first-order valence-corrected chi connectivity index (χ1v) is 12.2. The van der Waals surface area contributed by atoms with Crippen molar-refractivity contribution in [3.63, 3.8) is 0 Å². The number of nitrogens with two attached hydrogens (primary N) is 1. The molecule has 3 atom stereocenters. The standard InChI is InChI=1S/C22H23F2N7O2S/c1-13-8-14(9-25)10-27-17(13)19(32)30-16-5-4-15(24)18(29-16)22(11-23)12-34(33)21(2,20(26)31-22)6-3-7-28-34/h4-5,8,10H,3,6-7,11-12H2,1-2H3,(H2,26,31)(H,29,30,32)/t21-,22+,34?/m1/s1. The molecule has 9 nitrogen and oxygen atoms in total. The maximum Gasteiger partial charge on any atom is 0.275 e. The first-order valence-electron chi connectivity index (χ1n) is 10.5. The number of pyridine rings is 2. The van der Waals surface area contributed by atoms with Crippen molar-refractivity contribution in [2.24, 2.45) is 15.1 Å². The third-order valence-electron chi connectivity index (χ3n) is 6.30. The van der Waals surface area contributed by atoms with Crippen LogP contribution < -0.4 is 11.1 Å². The Morgan fingerprint density at radius 1 is 1.41 bits per heavy atom. The van der Waals surface area contributed by atoms with E-state index in [0.717, 1.165) is 6.07 Å². The minimum Gasteiger partial charge on any atom is -0.386 e. The number of amides is 1. The van der Waals surface area contributed by atoms with Crippen LogP contribution in [0.2, 0.25) is 0 Å². The molecule has 1 unspecified atom stereocenters. The van der Waals surface area contributed by atoms with Gasteiger partial charge in [-0.2, -0.15) is 5.26 Å². The van der Waals surface area contributed by atoms with Crippen LogP contribution in [0.25, 0.3) is 0 Å². The van der Waals surface area contributed by atoms with Gasteiger partial charge in [0, 0.05) is 12.7 Å². The molecule has 0 aliphatic carbocycles. The van der Waals surface area contributed by atoms with Crippen LogP contribution in [0.3, 0.4) is 0 Å². The molecular weight excluding hydrogens is 464 g/mol. The summed E-state index contributed by atoms with van der Waals surface area (Å²) in [5.74, 6) is -2.00. The number of rotatable bonds is 4. The predicted octanol–water partition coefficient (Wildman–Crippen LogP) is 2.60. The molecule has 0 bridgehead atoms. The Morgan fingerprint density at radius 2 is 2.18 bits per heavy atom. The Morgan fingerprint density at radius 3 is 2.85 bits per heavy atom. The summed E-state index contributed by atoms with van der Waals surface area (Å²) < 4.78 is 46.5. The van der Waals surface area contributed by atoms with Gasteiger partial charge in [0.15, 0.2) is 0 Å². The minimum absolute atomic E-state index is 0.0436. The molecule has 4 rings (SSSR count). The lowest BCUT2D eigenvalue weighted by Gasteiger charge is -2.44. The number of carbonyl (C=O) groups is 1. The Balaban J connectivity index is 1.74. The first kappa shape index (κ1) is 23.7. The van der Waals surface area contributed by atoms with Crippen molar-refractivity contribution >= 4 is 27.3 Å². The van der Waals surface area contributed by atoms with Crippen molar-refractivity contribution in [3.8, 4) is 6.07 Å². The third kappa shape index (κ3) is 3.69. The molecule has 2 aromatic rings. The van der Waals surface area contributed by atoms with Gasteiger partial charge in [0.05, 0.1) is 21.0 Å². The second-order valence-corrected chi connectivity index (χ2v) is 11.3. The number of halogens is 2. The van der Waals surface area contributed by atoms with Gasteiger partial charge in [-0.3, -0.25) is 9.79 Å². The fraction of sp³-hybridized carbons (Fsp3) is 0.409. The fourth-order valence-corrected chi connectivity index (χ4v) is 7.15. The van der Waals surface area contributed by atoms with Gasteiger partial charge in [-0.15, -0.1) is 0 Å². The van der Waals surface area contributed by atoms with Gasteiger partial charge in [0.25, 0.3) is 5.91 Å². The molecule has 34 heavy (non-hydrogen) atoms. The molecule has 0 radical (unpaired) electrons. The average molecular weight is 488 g/mol. The van der Waals surface area contributed by atoms with E-state index in [-0.39, 0.29) is 23.1 Å². The van der Waals surface area contributed by atoms with E-state index in [2.05, 4.69) is 24.6 Å². The summed E-state index contributed by atoms with van der Waals surface area (Å²) in [6.07, 6.45) is 2.41. The summed E-state index contributed by atoms with van der Waals surface area (Å²) in [6.45, 7) is 2.44. The summed E-state index contributed by atoms with van der Waals surface area (Å²) in [7, 11) is -3.06. The monoisotopic (exact) mass is 487 g/mol. The van der Waals surface area contributed by atoms with Crippen LogP contribution in [0, 0.1) is 24.1 Å². The van der Waals surface area contributed by atoms with Gasteiger partial charge in [0.2, 0.25) is 0 Å². The molecular formula is C22H23F2N7O2S. The zero-order valence-corrected chi connectivity index (χ0v) is 19.5. The van der Waals surface area contributed by atoms with Crippen LogP contribution in [-0.4, -0.2) is 49.6 Å². The summed E-state index contributed by atoms with van der Waals surface area (Å²) in [6, 6.07) is 5.68. The molecule has 0 saturated heterocycles. The molecule has 178 valence electrons. The SMILES string of the molecule is Cc1cc(C#N)cnc1C(=O)Nc1ccc(F)c([C@]2(CF)CS3(=O)=NCCC[C@]3(C)C(N)=N2)n1. The van der Waals surface area contributed by atoms with Crippen LogP contribution in [0.15, 0.2) is 33.8 Å². The van der Waals surface area contributed by atoms with Gasteiger partial charge in [-0.25, -0.2) is 27.3 Å². The summed E-state index contributed by atoms with van der Waals surface area (Å²) in [4.78, 5) is 25.1. The van der Waals surface area contributed by atoms with Crippen LogP contribution in [0.4, 0.5) is 14.6 Å². The molecule has 0 saturated carbocycles. The highest BCUT2D eigenvalue weighted by Gasteiger charge is 2.54. The van der Waals surface area contributed by atoms with Crippen LogP contribution in [-0.2, 0) is 15.3 Å². The maximum absolute atomic E-state index is 14.9. The molecule has 0 spiro atoms. The van der Waals surface area contributed by atoms with Crippen LogP contribution in [0.1, 0.15) is 47.1 Å². The second kappa shape index (κ2) is 8.39. The van der Waals surface area contributed by atoms with E-state index >= 15 is 0 Å². The number of amidine groups is 1. The van der Waals surface area contributed by atoms with Crippen molar-refractivity contribution in [3.05, 3.63) is 52.7 Å². The van der Waals surface area contributed by atoms with Gasteiger partial charge in [-0.1, -0.05) is 0 Å². The van der Waals surface area contributed by atoms with Gasteiger partial charge >= 0.3 is 0 Å². The Bertz CT molecular complexity index is 1380. The van der Waals surface area contributed by atoms with E-state index in [9.17, 15) is 17.8 Å². The van der Waals surface area contributed by atoms with Crippen molar-refractivity contribution in [2.45, 2.75) is 37.0 Å². The number of fused-ring (bicyclic) bond motifs is 1. The number of aliphatic imine (C=N–C) groups is 1. The van der Waals surface area contributed by atoms with E-state index in [4.69, 9.17) is 11.0 Å². The lowest BCUT2D eigenvalue weighted by molar-refractivity contribution is 0.102. The molecule has 0 aromatic carbocycles. The minimum atomic E-state index is -3.06. The van der Waals surface area contributed by atoms with Crippen molar-refractivity contribution in [2.75, 3.05) is 24.3 Å². The average Bonchev–Trinajstić information content (AvgIpc) is 2.81. The Kier molecular flexibility index (Phi) is 5.85. The highest BCUT2D eigenvalue weighted by Crippen LogP contribution is 2.42. The highest BCUT2D eigenvalue weighted by atomic mass is 32.2. The lowest BCUT2D eigenvalue weighted by Crippen LogP contribution is -2.59. The molecule has 12 heteroatoms. The van der Waals surface area contributed by atoms with E-state index < -0.39 is 44.1 Å². The number of alkyl halides is 1. The molecule has 0 fully saturated rings. The van der Waals surface area contributed by atoms with Crippen LogP contribution >= 0.6 is 0 Å². The largest absolute Gasteiger partial charge is 0.386 e. The van der Waals surface area contributed by atoms with Crippen molar-refractivity contribution in [1.29, 1.82) is 5.26 Å². The number of nitriles is 1. The van der Waals surface area contributed by atoms with Gasteiger partial charge in [0.1, 0.15) is 51.9 Å². The Hall–Kier alpha value is -3.46. The molecule has 2 aliphatic rings. The number of hydrogen-bond acceptors (Lipinski definition) is 8. The summed E-state index contributed by atoms with van der Waals surface area (Å²) in [5, 5.41) is 11.5. The molecule has 3 N–H and O–H groups in total. The number of aromatic nitrogens is 2. The van der Waals surface area contributed by atoms with E-state index in [1.54, 1.807) is 13.8 Å². The zero-order valence-electron chi connectivity index (χ0n) is 18.6. The number of nitrogens with zero attached hydrogens (tertiary/aromatic N) is 5. The van der Waals surface area contributed by atoms with E-state index in [0.29, 0.717) is 30.5 Å². The number of anilines is 1. The number of carbonyl (C=O) groups excluding carboxylic acids is 1. The van der Waals surface area contributed by atoms with Crippen molar-refractivity contribution in [1.82, 2.24) is 9.97 Å². The fourth-order valence-electron chi connectivity index (χ4n) is 4.27.